The maximum Gasteiger partial charge on any atom is 0.0594 e. The van der Waals surface area contributed by atoms with Crippen LogP contribution in [0.5, 0.6) is 0 Å². The zero-order chi connectivity index (χ0) is 15.7. The van der Waals surface area contributed by atoms with E-state index in [1.165, 1.54) is 11.1 Å². The molecule has 2 aromatic carbocycles. The first kappa shape index (κ1) is 15.6. The van der Waals surface area contributed by atoms with Crippen molar-refractivity contribution in [2.75, 3.05) is 26.3 Å². The molecule has 0 aromatic heterocycles. The Bertz CT molecular complexity index is 686. The Morgan fingerprint density at radius 2 is 1.70 bits per heavy atom. The number of benzene rings is 2. The molecule has 0 aliphatic carbocycles. The van der Waals surface area contributed by atoms with Crippen LogP contribution in [0.1, 0.15) is 16.7 Å². The van der Waals surface area contributed by atoms with E-state index in [1.54, 1.807) is 0 Å². The third kappa shape index (κ3) is 5.10. The average molecular weight is 303 g/mol. The van der Waals surface area contributed by atoms with Crippen molar-refractivity contribution >= 4 is 6.08 Å². The molecule has 0 unspecified atom stereocenters. The van der Waals surface area contributed by atoms with Crippen molar-refractivity contribution < 1.29 is 4.74 Å². The maximum absolute atomic E-state index is 5.38. The minimum atomic E-state index is 0.848. The number of rotatable bonds is 3. The molecule has 0 radical (unpaired) electrons. The van der Waals surface area contributed by atoms with E-state index in [9.17, 15) is 0 Å². The molecule has 0 amide bonds. The summed E-state index contributed by atoms with van der Waals surface area (Å²) in [6, 6.07) is 18.7. The monoisotopic (exact) mass is 303 g/mol. The highest BCUT2D eigenvalue weighted by Gasteiger charge is 2.10. The first-order valence-electron chi connectivity index (χ1n) is 8.02. The fourth-order valence-corrected chi connectivity index (χ4v) is 2.54. The normalized spacial score (nSPS) is 15.3. The van der Waals surface area contributed by atoms with Crippen molar-refractivity contribution in [3.8, 4) is 11.8 Å². The molecule has 0 bridgehead atoms. The van der Waals surface area contributed by atoms with Gasteiger partial charge in [0, 0.05) is 25.2 Å². The van der Waals surface area contributed by atoms with Gasteiger partial charge in [-0.3, -0.25) is 4.90 Å². The molecule has 23 heavy (non-hydrogen) atoms. The minimum absolute atomic E-state index is 0.848. The molecular weight excluding hydrogens is 282 g/mol. The summed E-state index contributed by atoms with van der Waals surface area (Å²) < 4.78 is 5.38. The van der Waals surface area contributed by atoms with E-state index >= 15 is 0 Å². The van der Waals surface area contributed by atoms with Crippen LogP contribution in [0.15, 0.2) is 60.7 Å². The van der Waals surface area contributed by atoms with Crippen molar-refractivity contribution in [3.63, 3.8) is 0 Å². The molecule has 1 aliphatic heterocycles. The van der Waals surface area contributed by atoms with E-state index in [-0.39, 0.29) is 0 Å². The summed E-state index contributed by atoms with van der Waals surface area (Å²) in [5.74, 6) is 6.20. The lowest BCUT2D eigenvalue weighted by molar-refractivity contribution is 0.0342. The number of morpholine rings is 1. The van der Waals surface area contributed by atoms with Crippen LogP contribution in [-0.2, 0) is 11.3 Å². The molecule has 2 aromatic rings. The third-order valence-electron chi connectivity index (χ3n) is 3.84. The van der Waals surface area contributed by atoms with Gasteiger partial charge < -0.3 is 4.74 Å². The zero-order valence-corrected chi connectivity index (χ0v) is 13.2. The van der Waals surface area contributed by atoms with E-state index in [4.69, 9.17) is 4.74 Å². The van der Waals surface area contributed by atoms with Gasteiger partial charge in [-0.2, -0.15) is 0 Å². The van der Waals surface area contributed by atoms with Gasteiger partial charge in [0.1, 0.15) is 0 Å². The van der Waals surface area contributed by atoms with Gasteiger partial charge in [-0.15, -0.1) is 0 Å². The fraction of sp³-hybridized carbons (Fsp3) is 0.238. The lowest BCUT2D eigenvalue weighted by Crippen LogP contribution is -2.35. The Morgan fingerprint density at radius 3 is 2.43 bits per heavy atom. The third-order valence-corrected chi connectivity index (χ3v) is 3.84. The summed E-state index contributed by atoms with van der Waals surface area (Å²) in [7, 11) is 0. The lowest BCUT2D eigenvalue weighted by Gasteiger charge is -2.26. The van der Waals surface area contributed by atoms with Crippen LogP contribution in [0.3, 0.4) is 0 Å². The Hall–Kier alpha value is -2.34. The van der Waals surface area contributed by atoms with Crippen LogP contribution in [0.25, 0.3) is 6.08 Å². The molecule has 0 saturated carbocycles. The van der Waals surface area contributed by atoms with Crippen LogP contribution >= 0.6 is 0 Å². The molecule has 3 rings (SSSR count). The van der Waals surface area contributed by atoms with E-state index in [0.717, 1.165) is 38.4 Å². The highest BCUT2D eigenvalue weighted by molar-refractivity contribution is 5.54. The van der Waals surface area contributed by atoms with Crippen molar-refractivity contribution in [1.82, 2.24) is 4.90 Å². The summed E-state index contributed by atoms with van der Waals surface area (Å²) >= 11 is 0. The predicted molar refractivity (Wildman–Crippen MR) is 94.9 cm³/mol. The Kier molecular flexibility index (Phi) is 5.64. The molecule has 0 N–H and O–H groups in total. The molecule has 1 aliphatic rings. The second kappa shape index (κ2) is 8.33. The van der Waals surface area contributed by atoms with Crippen LogP contribution in [0, 0.1) is 11.8 Å². The van der Waals surface area contributed by atoms with Crippen molar-refractivity contribution in [1.29, 1.82) is 0 Å². The summed E-state index contributed by atoms with van der Waals surface area (Å²) in [6.45, 7) is 4.75. The summed E-state index contributed by atoms with van der Waals surface area (Å²) in [4.78, 5) is 2.43. The molecule has 116 valence electrons. The molecule has 0 atom stereocenters. The van der Waals surface area contributed by atoms with Gasteiger partial charge in [0.15, 0.2) is 0 Å². The lowest BCUT2D eigenvalue weighted by atomic mass is 10.1. The van der Waals surface area contributed by atoms with Crippen LogP contribution in [0.2, 0.25) is 0 Å². The Morgan fingerprint density at radius 1 is 0.957 bits per heavy atom. The summed E-state index contributed by atoms with van der Waals surface area (Å²) in [5, 5.41) is 0. The van der Waals surface area contributed by atoms with Gasteiger partial charge >= 0.3 is 0 Å². The molecule has 1 saturated heterocycles. The molecule has 0 spiro atoms. The number of nitrogens with zero attached hydrogens (tertiary/aromatic N) is 1. The average Bonchev–Trinajstić information content (AvgIpc) is 2.62. The maximum atomic E-state index is 5.38. The standard InChI is InChI=1S/C21H21NO/c1-2-6-19(7-3-1)8-4-5-9-20-10-12-21(13-11-20)18-22-14-16-23-17-15-22/h1-3,5-7,9-13H,14-18H2/b9-5+. The minimum Gasteiger partial charge on any atom is -0.379 e. The highest BCUT2D eigenvalue weighted by Crippen LogP contribution is 2.10. The van der Waals surface area contributed by atoms with Gasteiger partial charge in [0.2, 0.25) is 0 Å². The second-order valence-corrected chi connectivity index (χ2v) is 5.60. The van der Waals surface area contributed by atoms with Crippen molar-refractivity contribution in [3.05, 3.63) is 77.4 Å². The quantitative estimate of drug-likeness (QED) is 0.804. The topological polar surface area (TPSA) is 12.5 Å². The number of hydrogen-bond acceptors (Lipinski definition) is 2. The molecule has 1 heterocycles. The van der Waals surface area contributed by atoms with E-state index in [1.807, 2.05) is 36.4 Å². The number of hydrogen-bond donors (Lipinski definition) is 0. The van der Waals surface area contributed by atoms with Gasteiger partial charge in [0.25, 0.3) is 0 Å². The molecule has 2 nitrogen and oxygen atoms in total. The first-order chi connectivity index (χ1) is 11.4. The zero-order valence-electron chi connectivity index (χ0n) is 13.2. The Balaban J connectivity index is 1.55. The molecule has 2 heteroatoms. The molecular formula is C21H21NO. The van der Waals surface area contributed by atoms with Crippen molar-refractivity contribution in [2.24, 2.45) is 0 Å². The highest BCUT2D eigenvalue weighted by atomic mass is 16.5. The number of allylic oxidation sites excluding steroid dienone is 1. The number of ether oxygens (including phenoxy) is 1. The van der Waals surface area contributed by atoms with Gasteiger partial charge in [0.05, 0.1) is 13.2 Å². The van der Waals surface area contributed by atoms with E-state index in [2.05, 4.69) is 47.1 Å². The smallest absolute Gasteiger partial charge is 0.0594 e. The second-order valence-electron chi connectivity index (χ2n) is 5.60. The van der Waals surface area contributed by atoms with E-state index < -0.39 is 0 Å². The van der Waals surface area contributed by atoms with Gasteiger partial charge in [-0.05, 0) is 35.4 Å². The van der Waals surface area contributed by atoms with E-state index in [0.29, 0.717) is 0 Å². The Labute approximate surface area is 138 Å². The first-order valence-corrected chi connectivity index (χ1v) is 8.02. The van der Waals surface area contributed by atoms with Gasteiger partial charge in [-0.1, -0.05) is 54.3 Å². The fourth-order valence-electron chi connectivity index (χ4n) is 2.54. The van der Waals surface area contributed by atoms with Crippen molar-refractivity contribution in [2.45, 2.75) is 6.54 Å². The summed E-state index contributed by atoms with van der Waals surface area (Å²) in [6.07, 6.45) is 3.96. The van der Waals surface area contributed by atoms with Gasteiger partial charge in [-0.25, -0.2) is 0 Å². The van der Waals surface area contributed by atoms with Crippen LogP contribution in [0.4, 0.5) is 0 Å². The SMILES string of the molecule is C(#Cc1ccccc1)/C=C/c1ccc(CN2CCOCC2)cc1. The summed E-state index contributed by atoms with van der Waals surface area (Å²) in [5.41, 5.74) is 3.57. The van der Waals surface area contributed by atoms with Crippen LogP contribution < -0.4 is 0 Å². The van der Waals surface area contributed by atoms with Crippen LogP contribution in [-0.4, -0.2) is 31.2 Å². The predicted octanol–water partition coefficient (Wildman–Crippen LogP) is 3.58. The molecule has 1 fully saturated rings. The largest absolute Gasteiger partial charge is 0.379 e.